The molecule has 5 aromatic rings. The summed E-state index contributed by atoms with van der Waals surface area (Å²) in [7, 11) is 5.12. The molecule has 14 heteroatoms. The zero-order valence-corrected chi connectivity index (χ0v) is 32.9. The largest absolute Gasteiger partial charge is 0.491 e. The number of hydrogen-bond acceptors (Lipinski definition) is 11. The molecule has 0 fully saturated rings. The second kappa shape index (κ2) is 18.7. The maximum atomic E-state index is 13.2. The normalized spacial score (nSPS) is 12.5. The number of anilines is 2. The average molecular weight is 778 g/mol. The molecule has 1 aliphatic heterocycles. The molecule has 56 heavy (non-hydrogen) atoms. The summed E-state index contributed by atoms with van der Waals surface area (Å²) in [4.78, 5) is 66.4. The van der Waals surface area contributed by atoms with E-state index in [2.05, 4.69) is 63.7 Å². The first-order chi connectivity index (χ1) is 27.2. The van der Waals surface area contributed by atoms with Crippen LogP contribution in [0.25, 0.3) is 22.1 Å². The molecule has 0 spiro atoms. The standard InChI is InChI=1S/C42H47N7O6S/c1-27-39(30-11-13-37-29(23-30)15-17-48(37)3)47-41(56-27)40-45-24-31(46-40)21-28-7-5-8-33(22-28)55-20-19-54-18-16-44-36-10-6-9-34(35(36)26-51)42(53)49(4)32(25-50)12-14-38(52)43-2/h5-11,13,22-26,32,44H,12,14-21H2,1-4H3,(H,43,52)(H,45,46). The first kappa shape index (κ1) is 39.8. The minimum Gasteiger partial charge on any atom is -0.491 e. The highest BCUT2D eigenvalue weighted by Crippen LogP contribution is 2.36. The van der Waals surface area contributed by atoms with Crippen molar-refractivity contribution in [1.82, 2.24) is 25.2 Å². The van der Waals surface area contributed by atoms with Crippen molar-refractivity contribution < 1.29 is 28.7 Å². The smallest absolute Gasteiger partial charge is 0.255 e. The van der Waals surface area contributed by atoms with Crippen LogP contribution in [0.1, 0.15) is 55.3 Å². The summed E-state index contributed by atoms with van der Waals surface area (Å²) in [6, 6.07) is 18.6. The number of benzene rings is 3. The van der Waals surface area contributed by atoms with Gasteiger partial charge in [0, 0.05) is 80.8 Å². The Morgan fingerprint density at radius 2 is 1.93 bits per heavy atom. The minimum absolute atomic E-state index is 0.0924. The second-order valence-corrected chi connectivity index (χ2v) is 14.8. The topological polar surface area (TPSA) is 159 Å². The quantitative estimate of drug-likeness (QED) is 0.0715. The third-order valence-electron chi connectivity index (χ3n) is 9.83. The van der Waals surface area contributed by atoms with Crippen molar-refractivity contribution >= 4 is 47.1 Å². The molecule has 3 aromatic carbocycles. The van der Waals surface area contributed by atoms with Crippen molar-refractivity contribution in [3.8, 4) is 27.8 Å². The van der Waals surface area contributed by atoms with Crippen LogP contribution in [0, 0.1) is 6.92 Å². The van der Waals surface area contributed by atoms with Crippen molar-refractivity contribution in [3.05, 3.63) is 99.7 Å². The fourth-order valence-electron chi connectivity index (χ4n) is 6.71. The number of aryl methyl sites for hydroxylation is 1. The predicted molar refractivity (Wildman–Crippen MR) is 218 cm³/mol. The van der Waals surface area contributed by atoms with E-state index >= 15 is 0 Å². The van der Waals surface area contributed by atoms with Crippen LogP contribution in [0.15, 0.2) is 66.9 Å². The molecule has 13 nitrogen and oxygen atoms in total. The predicted octanol–water partition coefficient (Wildman–Crippen LogP) is 5.58. The van der Waals surface area contributed by atoms with Gasteiger partial charge >= 0.3 is 0 Å². The van der Waals surface area contributed by atoms with Gasteiger partial charge in [-0.05, 0) is 67.3 Å². The monoisotopic (exact) mass is 777 g/mol. The lowest BCUT2D eigenvalue weighted by Crippen LogP contribution is -2.39. The van der Waals surface area contributed by atoms with Gasteiger partial charge in [-0.25, -0.2) is 9.97 Å². The Labute approximate surface area is 330 Å². The van der Waals surface area contributed by atoms with E-state index in [1.807, 2.05) is 24.4 Å². The Bertz CT molecular complexity index is 2180. The van der Waals surface area contributed by atoms with Crippen molar-refractivity contribution in [1.29, 1.82) is 0 Å². The third kappa shape index (κ3) is 9.50. The molecule has 1 aliphatic rings. The van der Waals surface area contributed by atoms with Gasteiger partial charge in [-0.15, -0.1) is 11.3 Å². The number of fused-ring (bicyclic) bond motifs is 1. The van der Waals surface area contributed by atoms with Crippen LogP contribution in [0.5, 0.6) is 5.75 Å². The number of thiazole rings is 1. The fourth-order valence-corrected chi connectivity index (χ4v) is 7.60. The number of aldehydes is 2. The van der Waals surface area contributed by atoms with Crippen molar-refractivity contribution in [2.45, 2.75) is 38.6 Å². The van der Waals surface area contributed by atoms with Gasteiger partial charge in [0.1, 0.15) is 18.6 Å². The number of amides is 2. The second-order valence-electron chi connectivity index (χ2n) is 13.6. The molecular formula is C42H47N7O6S. The summed E-state index contributed by atoms with van der Waals surface area (Å²) in [6.07, 6.45) is 5.08. The van der Waals surface area contributed by atoms with E-state index in [9.17, 15) is 19.2 Å². The number of aromatic amines is 1. The first-order valence-corrected chi connectivity index (χ1v) is 19.4. The van der Waals surface area contributed by atoms with E-state index in [0.717, 1.165) is 56.9 Å². The highest BCUT2D eigenvalue weighted by Gasteiger charge is 2.25. The molecule has 0 saturated heterocycles. The van der Waals surface area contributed by atoms with Crippen LogP contribution in [0.2, 0.25) is 0 Å². The molecule has 1 atom stereocenters. The molecule has 3 N–H and O–H groups in total. The molecule has 2 aromatic heterocycles. The summed E-state index contributed by atoms with van der Waals surface area (Å²) >= 11 is 1.64. The summed E-state index contributed by atoms with van der Waals surface area (Å²) < 4.78 is 11.7. The molecule has 2 amide bonds. The zero-order valence-electron chi connectivity index (χ0n) is 32.1. The molecule has 0 aliphatic carbocycles. The first-order valence-electron chi connectivity index (χ1n) is 18.6. The van der Waals surface area contributed by atoms with E-state index in [4.69, 9.17) is 14.5 Å². The minimum atomic E-state index is -0.810. The summed E-state index contributed by atoms with van der Waals surface area (Å²) in [5.41, 5.74) is 7.67. The average Bonchev–Trinajstić information content (AvgIpc) is 3.95. The van der Waals surface area contributed by atoms with Gasteiger partial charge in [0.05, 0.1) is 36.1 Å². The van der Waals surface area contributed by atoms with Gasteiger partial charge in [-0.2, -0.15) is 0 Å². The van der Waals surface area contributed by atoms with Crippen molar-refractivity contribution in [2.24, 2.45) is 0 Å². The highest BCUT2D eigenvalue weighted by atomic mass is 32.1. The van der Waals surface area contributed by atoms with Gasteiger partial charge < -0.3 is 39.7 Å². The van der Waals surface area contributed by atoms with Gasteiger partial charge in [-0.1, -0.05) is 24.3 Å². The number of imidazole rings is 1. The Morgan fingerprint density at radius 1 is 1.09 bits per heavy atom. The molecule has 292 valence electrons. The van der Waals surface area contributed by atoms with E-state index in [-0.39, 0.29) is 29.9 Å². The Hall–Kier alpha value is -5.86. The number of nitrogens with zero attached hydrogens (tertiary/aromatic N) is 4. The van der Waals surface area contributed by atoms with Gasteiger partial charge in [0.25, 0.3) is 5.91 Å². The SMILES string of the molecule is CNC(=O)CCC(C=O)N(C)C(=O)c1cccc(NCCOCCOc2cccc(Cc3cnc(-c4nc(-c5ccc6c(c5)CCN6C)c(C)s4)[nH]3)c2)c1C=O. The lowest BCUT2D eigenvalue weighted by Gasteiger charge is -2.24. The number of carbonyl (C=O) groups is 4. The molecule has 1 unspecified atom stereocenters. The van der Waals surface area contributed by atoms with E-state index in [1.54, 1.807) is 23.5 Å². The van der Waals surface area contributed by atoms with Crippen LogP contribution >= 0.6 is 11.3 Å². The fraction of sp³-hybridized carbons (Fsp3) is 0.333. The van der Waals surface area contributed by atoms with E-state index < -0.39 is 11.9 Å². The summed E-state index contributed by atoms with van der Waals surface area (Å²) in [5.74, 6) is 0.773. The molecule has 0 radical (unpaired) electrons. The van der Waals surface area contributed by atoms with Gasteiger partial charge in [-0.3, -0.25) is 14.4 Å². The van der Waals surface area contributed by atoms with Crippen LogP contribution < -0.4 is 20.3 Å². The van der Waals surface area contributed by atoms with Crippen LogP contribution in [-0.2, 0) is 27.2 Å². The maximum Gasteiger partial charge on any atom is 0.255 e. The molecular weight excluding hydrogens is 731 g/mol. The Morgan fingerprint density at radius 3 is 2.73 bits per heavy atom. The van der Waals surface area contributed by atoms with Crippen LogP contribution in [-0.4, -0.2) is 104 Å². The molecule has 3 heterocycles. The Balaban J connectivity index is 0.951. The van der Waals surface area contributed by atoms with Gasteiger partial charge in [0.15, 0.2) is 17.1 Å². The van der Waals surface area contributed by atoms with Crippen molar-refractivity contribution in [2.75, 3.05) is 64.3 Å². The number of likely N-dealkylation sites (N-methyl/N-ethyl adjacent to an activating group) is 2. The summed E-state index contributed by atoms with van der Waals surface area (Å²) in [6.45, 7) is 4.56. The number of carbonyl (C=O) groups excluding carboxylic acids is 4. The number of aromatic nitrogens is 3. The molecule has 0 bridgehead atoms. The van der Waals surface area contributed by atoms with Crippen molar-refractivity contribution in [3.63, 3.8) is 0 Å². The Kier molecular flexibility index (Phi) is 13.3. The molecule has 0 saturated carbocycles. The highest BCUT2D eigenvalue weighted by molar-refractivity contribution is 7.15. The summed E-state index contributed by atoms with van der Waals surface area (Å²) in [5, 5.41) is 6.53. The van der Waals surface area contributed by atoms with E-state index in [1.165, 1.54) is 36.3 Å². The zero-order chi connectivity index (χ0) is 39.6. The number of nitrogens with one attached hydrogen (secondary N) is 3. The van der Waals surface area contributed by atoms with E-state index in [0.29, 0.717) is 51.0 Å². The number of ether oxygens (including phenoxy) is 2. The number of rotatable bonds is 19. The van der Waals surface area contributed by atoms with Crippen LogP contribution in [0.4, 0.5) is 11.4 Å². The van der Waals surface area contributed by atoms with Gasteiger partial charge in [0.2, 0.25) is 5.91 Å². The molecule has 6 rings (SSSR count). The lowest BCUT2D eigenvalue weighted by atomic mass is 10.0. The third-order valence-corrected chi connectivity index (χ3v) is 10.8. The van der Waals surface area contributed by atoms with Crippen LogP contribution in [0.3, 0.4) is 0 Å². The number of hydrogen-bond donors (Lipinski definition) is 3. The number of H-pyrrole nitrogens is 1. The lowest BCUT2D eigenvalue weighted by molar-refractivity contribution is -0.121. The maximum absolute atomic E-state index is 13.2.